The fraction of sp³-hybridized carbons (Fsp3) is 0.918. The van der Waals surface area contributed by atoms with Crippen molar-refractivity contribution in [1.29, 1.82) is 0 Å². The number of hydrogen-bond donors (Lipinski definition) is 19. The van der Waals surface area contributed by atoms with Gasteiger partial charge in [0.25, 0.3) is 0 Å². The zero-order chi connectivity index (χ0) is 81.1. The van der Waals surface area contributed by atoms with Gasteiger partial charge in [-0.3, -0.25) is 4.79 Å². The Morgan fingerprint density at radius 2 is 1.19 bits per heavy atom. The second kappa shape index (κ2) is 33.0. The van der Waals surface area contributed by atoms with Crippen LogP contribution in [0, 0.1) is 50.2 Å². The molecule has 18 unspecified atom stereocenters. The fourth-order valence-corrected chi connectivity index (χ4v) is 20.7. The Bertz CT molecular complexity index is 3290. The quantitative estimate of drug-likeness (QED) is 0.0221. The predicted octanol–water partition coefficient (Wildman–Crippen LogP) is -5.20. The maximum Gasteiger partial charge on any atom is 0.407 e. The fourth-order valence-electron chi connectivity index (χ4n) is 20.7. The van der Waals surface area contributed by atoms with E-state index in [1.165, 1.54) is 13.8 Å². The first kappa shape index (κ1) is 86.8. The molecule has 111 heavy (non-hydrogen) atoms. The van der Waals surface area contributed by atoms with Crippen molar-refractivity contribution in [2.45, 2.75) is 329 Å². The number of amides is 1. The van der Waals surface area contributed by atoms with Crippen LogP contribution < -0.4 is 5.32 Å². The van der Waals surface area contributed by atoms with E-state index >= 15 is 4.79 Å². The lowest BCUT2D eigenvalue weighted by atomic mass is 9.33. The number of carboxylic acid groups (broad SMARTS) is 1. The van der Waals surface area contributed by atoms with Crippen molar-refractivity contribution in [3.63, 3.8) is 0 Å². The van der Waals surface area contributed by atoms with Crippen LogP contribution in [0.5, 0.6) is 0 Å². The number of hydrogen-bond acceptors (Lipinski definition) is 36. The third-order valence-corrected chi connectivity index (χ3v) is 27.6. The summed E-state index contributed by atoms with van der Waals surface area (Å²) >= 11 is 0. The summed E-state index contributed by atoms with van der Waals surface area (Å²) in [5.41, 5.74) is -6.82. The lowest BCUT2D eigenvalue weighted by Crippen LogP contribution is -2.70. The lowest BCUT2D eigenvalue weighted by Gasteiger charge is -2.71. The molecule has 1 amide bonds. The van der Waals surface area contributed by atoms with E-state index < -0.39 is 291 Å². The minimum atomic E-state index is -2.24. The number of aliphatic carboxylic acids is 1. The molecule has 5 aliphatic carbocycles. The lowest BCUT2D eigenvalue weighted by molar-refractivity contribution is -0.391. The number of ether oxygens (including phenoxy) is 15. The Balaban J connectivity index is 0.802. The van der Waals surface area contributed by atoms with Crippen molar-refractivity contribution in [2.75, 3.05) is 39.6 Å². The van der Waals surface area contributed by atoms with E-state index in [2.05, 4.69) is 32.2 Å². The highest BCUT2D eigenvalue weighted by molar-refractivity contribution is 5.80. The molecule has 0 aromatic rings. The van der Waals surface area contributed by atoms with Gasteiger partial charge < -0.3 is 173 Å². The number of alkyl carbamates (subject to hydrolysis) is 1. The highest BCUT2D eigenvalue weighted by Crippen LogP contribution is 2.76. The number of carboxylic acids is 1. The largest absolute Gasteiger partial charge is 0.479 e. The van der Waals surface area contributed by atoms with Crippen molar-refractivity contribution >= 4 is 24.3 Å². The van der Waals surface area contributed by atoms with Crippen molar-refractivity contribution in [3.8, 4) is 0 Å². The molecule has 38 nitrogen and oxygen atoms in total. The maximum absolute atomic E-state index is 16.0. The number of carbonyl (C=O) groups excluding carboxylic acids is 3. The van der Waals surface area contributed by atoms with E-state index in [1.807, 2.05) is 13.8 Å². The molecule has 634 valence electrons. The van der Waals surface area contributed by atoms with Crippen LogP contribution in [0.2, 0.25) is 0 Å². The second-order valence-electron chi connectivity index (χ2n) is 34.4. The number of aldehydes is 1. The number of aliphatic hydroxyl groups is 17. The average Bonchev–Trinajstić information content (AvgIpc) is 1.62. The van der Waals surface area contributed by atoms with Crippen molar-refractivity contribution in [3.05, 3.63) is 11.6 Å². The number of fused-ring (bicyclic) bond motifs is 7. The Labute approximate surface area is 639 Å². The number of rotatable bonds is 21. The molecule has 0 aromatic carbocycles. The number of nitrogens with one attached hydrogen (secondary N) is 1. The molecule has 0 aromatic heterocycles. The van der Waals surface area contributed by atoms with Gasteiger partial charge in [-0.2, -0.15) is 0 Å². The molecule has 11 fully saturated rings. The van der Waals surface area contributed by atoms with Crippen LogP contribution in [0.3, 0.4) is 0 Å². The summed E-state index contributed by atoms with van der Waals surface area (Å²) < 4.78 is 89.5. The molecule has 0 bridgehead atoms. The van der Waals surface area contributed by atoms with Crippen LogP contribution in [-0.2, 0) is 85.4 Å². The highest BCUT2D eigenvalue weighted by Gasteiger charge is 2.73. The highest BCUT2D eigenvalue weighted by atomic mass is 16.8. The first-order chi connectivity index (χ1) is 52.2. The molecule has 19 N–H and O–H groups in total. The molecular weight excluding hydrogens is 1480 g/mol. The van der Waals surface area contributed by atoms with Gasteiger partial charge in [-0.05, 0) is 117 Å². The maximum atomic E-state index is 16.0. The van der Waals surface area contributed by atoms with Crippen molar-refractivity contribution < 1.29 is 182 Å². The van der Waals surface area contributed by atoms with Crippen molar-refractivity contribution in [2.24, 2.45) is 50.2 Å². The first-order valence-electron chi connectivity index (χ1n) is 38.6. The Morgan fingerprint density at radius 3 is 1.84 bits per heavy atom. The van der Waals surface area contributed by atoms with E-state index in [0.29, 0.717) is 38.5 Å². The smallest absolute Gasteiger partial charge is 0.407 e. The van der Waals surface area contributed by atoms with E-state index in [1.54, 1.807) is 13.8 Å². The minimum Gasteiger partial charge on any atom is -0.479 e. The summed E-state index contributed by atoms with van der Waals surface area (Å²) in [5.74, 6) is -4.26. The summed E-state index contributed by atoms with van der Waals surface area (Å²) in [5, 5.41) is 204. The topological polar surface area (TPSA) is 583 Å². The number of allylic oxidation sites excluding steroid dienone is 2. The molecule has 4 saturated carbocycles. The number of esters is 1. The van der Waals surface area contributed by atoms with Gasteiger partial charge in [0.1, 0.15) is 133 Å². The molecule has 7 saturated heterocycles. The molecule has 0 radical (unpaired) electrons. The summed E-state index contributed by atoms with van der Waals surface area (Å²) in [6.07, 6.45) is -51.6. The normalized spacial score (nSPS) is 52.5. The molecule has 0 spiro atoms. The molecule has 12 rings (SSSR count). The molecule has 7 aliphatic heterocycles. The van der Waals surface area contributed by atoms with Crippen LogP contribution in [-0.4, -0.2) is 358 Å². The molecule has 38 heteroatoms. The number of carbonyl (C=O) groups is 4. The Morgan fingerprint density at radius 1 is 0.577 bits per heavy atom. The van der Waals surface area contributed by atoms with Gasteiger partial charge in [0, 0.05) is 0 Å². The van der Waals surface area contributed by atoms with Crippen molar-refractivity contribution in [1.82, 2.24) is 5.32 Å². The molecule has 7 heterocycles. The molecule has 12 aliphatic rings. The Hall–Kier alpha value is -3.58. The zero-order valence-corrected chi connectivity index (χ0v) is 63.5. The van der Waals surface area contributed by atoms with E-state index in [0.717, 1.165) is 11.9 Å². The number of aliphatic hydroxyl groups excluding tert-OH is 16. The van der Waals surface area contributed by atoms with Crippen LogP contribution >= 0.6 is 0 Å². The van der Waals surface area contributed by atoms with Gasteiger partial charge >= 0.3 is 18.0 Å². The second-order valence-corrected chi connectivity index (χ2v) is 34.4. The van der Waals surface area contributed by atoms with Gasteiger partial charge in [-0.15, -0.1) is 0 Å². The van der Waals surface area contributed by atoms with Gasteiger partial charge in [0.15, 0.2) is 49.9 Å². The Kier molecular flexibility index (Phi) is 25.8. The van der Waals surface area contributed by atoms with Gasteiger partial charge in [-0.1, -0.05) is 60.1 Å². The molecule has 41 atom stereocenters. The van der Waals surface area contributed by atoms with E-state index in [-0.39, 0.29) is 44.8 Å². The van der Waals surface area contributed by atoms with Crippen LogP contribution in [0.25, 0.3) is 0 Å². The van der Waals surface area contributed by atoms with E-state index in [4.69, 9.17) is 71.1 Å². The van der Waals surface area contributed by atoms with Crippen LogP contribution in [0.1, 0.15) is 127 Å². The third-order valence-electron chi connectivity index (χ3n) is 27.6. The summed E-state index contributed by atoms with van der Waals surface area (Å²) in [4.78, 5) is 56.5. The standard InChI is InChI=1S/C73H115NO37/c1-10-72(96)27-100-64(56(72)91)106-51-32(79)25-99-59(49(51)90)105-50-28(3)101-60(47(88)44(50)85)109-54-42(83)39(74-66(95)97-11-2)33(22-75)102-62(54)111-65(94)73-19-18-67(4,5)20-30(73)29-12-13-36-68(6)16-15-38(69(7,26-77)35(68)14-17-70(36,8)71(29,9)21-37(73)80)104-63-55(110-61-46(87)43(84)41(82)34(23-76)103-61)52(48(89)53(108-63)57(92)93)107-58-45(86)40(81)31(78)24-98-58/h12,26,28,30-56,58-64,75-76,78-91,96H,10-11,13-25,27H2,1-9H3,(H,74,95)(H,92,93)/t28?,30?,31-,32-,33?,34?,35-,36?,37?,38+,39+,40+,41+,42?,43+,44?,45?,46?,47?,48+,49?,50+,51?,52+,53?,54?,55?,56?,58+,59+,60+,61+,62+,63-,64+,68?,69-,70+,71-,72+,73-/m1/s1. The van der Waals surface area contributed by atoms with Gasteiger partial charge in [-0.25, -0.2) is 9.59 Å². The zero-order valence-electron chi connectivity index (χ0n) is 63.5. The third kappa shape index (κ3) is 15.2. The summed E-state index contributed by atoms with van der Waals surface area (Å²) in [7, 11) is 0. The van der Waals surface area contributed by atoms with Gasteiger partial charge in [0.2, 0.25) is 6.29 Å². The minimum absolute atomic E-state index is 0.00894. The van der Waals surface area contributed by atoms with E-state index in [9.17, 15) is 106 Å². The van der Waals surface area contributed by atoms with Crippen LogP contribution in [0.15, 0.2) is 11.6 Å². The summed E-state index contributed by atoms with van der Waals surface area (Å²) in [6, 6.07) is -1.57. The van der Waals surface area contributed by atoms with Gasteiger partial charge in [0.05, 0.1) is 69.4 Å². The monoisotopic (exact) mass is 1600 g/mol. The summed E-state index contributed by atoms with van der Waals surface area (Å²) in [6.45, 7) is 13.3. The van der Waals surface area contributed by atoms with Crippen LogP contribution in [0.4, 0.5) is 4.79 Å². The SMILES string of the molecule is CCOC(=O)N[C@H]1C(CO)O[C@@H](OC(=O)[C@]23CCC(C)(C)CC2C2=CCC4C5(C)CC[C@H](O[C@@H]6OC(C(=O)O)[C@@H](O)[C@H](O[C@@H]7OC[C@@H](O)[C@H](O)C7O)C6O[C@@H]6OC(CO)[C@H](O)[C@H](O)C6O)[C@](C)(C=O)[C@@H]5CC[C@]4(C)[C@]2(C)CC3O)C(O[C@@H]2OC(C)[C@H](O[C@@H]3OC[C@@H](O)C(O[C@@H]4OC[C@@](O)(CC)C4O)C3O)C(O)C2O)C1O. The average molecular weight is 1600 g/mol. The molecular formula is C73H115NO37. The predicted molar refractivity (Wildman–Crippen MR) is 365 cm³/mol. The first-order valence-corrected chi connectivity index (χ1v) is 38.6.